The molecule has 0 aliphatic carbocycles. The number of amides is 2. The summed E-state index contributed by atoms with van der Waals surface area (Å²) in [5.74, 6) is -0.912. The maximum Gasteiger partial charge on any atom is 0.251 e. The highest BCUT2D eigenvalue weighted by Crippen LogP contribution is 2.10. The molecule has 0 unspecified atom stereocenters. The van der Waals surface area contributed by atoms with Gasteiger partial charge in [-0.25, -0.2) is 4.39 Å². The molecule has 0 fully saturated rings. The topological polar surface area (TPSA) is 58.2 Å². The molecule has 108 valence electrons. The minimum absolute atomic E-state index is 0.137. The molecule has 0 aliphatic heterocycles. The summed E-state index contributed by atoms with van der Waals surface area (Å²) in [7, 11) is 0. The van der Waals surface area contributed by atoms with Crippen LogP contribution in [0.1, 0.15) is 22.8 Å². The number of nitrogens with one attached hydrogen (secondary N) is 2. The third kappa shape index (κ3) is 4.42. The number of carbonyl (C=O) groups is 2. The van der Waals surface area contributed by atoms with Crippen molar-refractivity contribution in [3.63, 3.8) is 0 Å². The van der Waals surface area contributed by atoms with E-state index in [1.807, 2.05) is 0 Å². The van der Waals surface area contributed by atoms with Crippen molar-refractivity contribution in [1.29, 1.82) is 0 Å². The molecular weight excluding hydrogens is 271 g/mol. The lowest BCUT2D eigenvalue weighted by Crippen LogP contribution is -2.22. The fourth-order valence-electron chi connectivity index (χ4n) is 1.82. The van der Waals surface area contributed by atoms with E-state index >= 15 is 0 Å². The van der Waals surface area contributed by atoms with Crippen LogP contribution in [0.2, 0.25) is 0 Å². The molecule has 0 saturated heterocycles. The van der Waals surface area contributed by atoms with Crippen LogP contribution < -0.4 is 10.6 Å². The van der Waals surface area contributed by atoms with Crippen molar-refractivity contribution in [3.8, 4) is 0 Å². The zero-order valence-corrected chi connectivity index (χ0v) is 11.5. The van der Waals surface area contributed by atoms with Gasteiger partial charge in [0, 0.05) is 24.7 Å². The number of hydrogen-bond donors (Lipinski definition) is 2. The van der Waals surface area contributed by atoms with Crippen LogP contribution in [0.3, 0.4) is 0 Å². The Hall–Kier alpha value is -2.69. The standard InChI is InChI=1S/C16H15FN2O2/c1-11(20)19-15-7-5-12(6-8-15)10-18-16(21)13-3-2-4-14(17)9-13/h2-9H,10H2,1H3,(H,18,21)(H,19,20). The van der Waals surface area contributed by atoms with E-state index in [1.54, 1.807) is 30.3 Å². The van der Waals surface area contributed by atoms with Gasteiger partial charge in [-0.15, -0.1) is 0 Å². The van der Waals surface area contributed by atoms with E-state index in [0.29, 0.717) is 12.2 Å². The van der Waals surface area contributed by atoms with Gasteiger partial charge in [0.25, 0.3) is 5.91 Å². The molecule has 2 amide bonds. The van der Waals surface area contributed by atoms with Gasteiger partial charge in [-0.3, -0.25) is 9.59 Å². The van der Waals surface area contributed by atoms with Crippen LogP contribution in [0, 0.1) is 5.82 Å². The van der Waals surface area contributed by atoms with Crippen LogP contribution >= 0.6 is 0 Å². The normalized spacial score (nSPS) is 10.0. The molecule has 0 aromatic heterocycles. The first-order valence-electron chi connectivity index (χ1n) is 6.45. The van der Waals surface area contributed by atoms with Gasteiger partial charge in [0.2, 0.25) is 5.91 Å². The minimum Gasteiger partial charge on any atom is -0.348 e. The Balaban J connectivity index is 1.93. The molecule has 5 heteroatoms. The SMILES string of the molecule is CC(=O)Nc1ccc(CNC(=O)c2cccc(F)c2)cc1. The average molecular weight is 286 g/mol. The van der Waals surface area contributed by atoms with Gasteiger partial charge in [0.1, 0.15) is 5.82 Å². The summed E-state index contributed by atoms with van der Waals surface area (Å²) < 4.78 is 13.0. The maximum absolute atomic E-state index is 13.0. The van der Waals surface area contributed by atoms with Crippen LogP contribution in [-0.4, -0.2) is 11.8 Å². The molecule has 0 bridgehead atoms. The lowest BCUT2D eigenvalue weighted by atomic mass is 10.1. The predicted octanol–water partition coefficient (Wildman–Crippen LogP) is 2.71. The Labute approximate surface area is 122 Å². The molecule has 2 rings (SSSR count). The fraction of sp³-hybridized carbons (Fsp3) is 0.125. The number of rotatable bonds is 4. The summed E-state index contributed by atoms with van der Waals surface area (Å²) in [5.41, 5.74) is 1.86. The van der Waals surface area contributed by atoms with E-state index in [1.165, 1.54) is 25.1 Å². The third-order valence-corrected chi connectivity index (χ3v) is 2.81. The predicted molar refractivity (Wildman–Crippen MR) is 78.3 cm³/mol. The molecule has 0 saturated carbocycles. The van der Waals surface area contributed by atoms with E-state index < -0.39 is 5.82 Å². The van der Waals surface area contributed by atoms with E-state index in [-0.39, 0.29) is 17.4 Å². The number of halogens is 1. The van der Waals surface area contributed by atoms with Gasteiger partial charge >= 0.3 is 0 Å². The van der Waals surface area contributed by atoms with E-state index in [4.69, 9.17) is 0 Å². The number of anilines is 1. The zero-order valence-electron chi connectivity index (χ0n) is 11.5. The van der Waals surface area contributed by atoms with Crippen molar-refractivity contribution in [3.05, 3.63) is 65.5 Å². The van der Waals surface area contributed by atoms with Gasteiger partial charge < -0.3 is 10.6 Å². The lowest BCUT2D eigenvalue weighted by molar-refractivity contribution is -0.114. The van der Waals surface area contributed by atoms with E-state index in [0.717, 1.165) is 5.56 Å². The van der Waals surface area contributed by atoms with Crippen molar-refractivity contribution in [2.24, 2.45) is 0 Å². The molecule has 2 aromatic carbocycles. The van der Waals surface area contributed by atoms with Gasteiger partial charge in [0.15, 0.2) is 0 Å². The molecule has 0 heterocycles. The van der Waals surface area contributed by atoms with Crippen LogP contribution in [0.5, 0.6) is 0 Å². The highest BCUT2D eigenvalue weighted by Gasteiger charge is 2.06. The zero-order chi connectivity index (χ0) is 15.2. The average Bonchev–Trinajstić information content (AvgIpc) is 2.45. The molecule has 2 aromatic rings. The second-order valence-corrected chi connectivity index (χ2v) is 4.57. The third-order valence-electron chi connectivity index (χ3n) is 2.81. The van der Waals surface area contributed by atoms with Crippen molar-refractivity contribution < 1.29 is 14.0 Å². The molecule has 2 N–H and O–H groups in total. The van der Waals surface area contributed by atoms with Gasteiger partial charge in [-0.2, -0.15) is 0 Å². The molecule has 0 spiro atoms. The Bertz CT molecular complexity index is 654. The molecular formula is C16H15FN2O2. The Morgan fingerprint density at radius 3 is 2.43 bits per heavy atom. The minimum atomic E-state index is -0.442. The Morgan fingerprint density at radius 1 is 1.10 bits per heavy atom. The molecule has 0 radical (unpaired) electrons. The van der Waals surface area contributed by atoms with Crippen LogP contribution in [0.25, 0.3) is 0 Å². The first-order valence-corrected chi connectivity index (χ1v) is 6.45. The highest BCUT2D eigenvalue weighted by atomic mass is 19.1. The monoisotopic (exact) mass is 286 g/mol. The Kier molecular flexibility index (Phi) is 4.66. The summed E-state index contributed by atoms with van der Waals surface area (Å²) in [4.78, 5) is 22.7. The molecule has 4 nitrogen and oxygen atoms in total. The fourth-order valence-corrected chi connectivity index (χ4v) is 1.82. The quantitative estimate of drug-likeness (QED) is 0.908. The first kappa shape index (κ1) is 14.7. The number of carbonyl (C=O) groups excluding carboxylic acids is 2. The molecule has 0 aliphatic rings. The van der Waals surface area contributed by atoms with Crippen molar-refractivity contribution in [2.45, 2.75) is 13.5 Å². The molecule has 0 atom stereocenters. The summed E-state index contributed by atoms with van der Waals surface area (Å²) in [6.07, 6.45) is 0. The van der Waals surface area contributed by atoms with Crippen LogP contribution in [-0.2, 0) is 11.3 Å². The van der Waals surface area contributed by atoms with Crippen molar-refractivity contribution in [1.82, 2.24) is 5.32 Å². The number of benzene rings is 2. The Morgan fingerprint density at radius 2 is 1.81 bits per heavy atom. The van der Waals surface area contributed by atoms with Gasteiger partial charge in [-0.05, 0) is 35.9 Å². The van der Waals surface area contributed by atoms with Crippen molar-refractivity contribution >= 4 is 17.5 Å². The van der Waals surface area contributed by atoms with E-state index in [2.05, 4.69) is 10.6 Å². The largest absolute Gasteiger partial charge is 0.348 e. The second kappa shape index (κ2) is 6.65. The smallest absolute Gasteiger partial charge is 0.251 e. The van der Waals surface area contributed by atoms with Gasteiger partial charge in [-0.1, -0.05) is 18.2 Å². The van der Waals surface area contributed by atoms with Gasteiger partial charge in [0.05, 0.1) is 0 Å². The molecule has 21 heavy (non-hydrogen) atoms. The maximum atomic E-state index is 13.0. The summed E-state index contributed by atoms with van der Waals surface area (Å²) in [5, 5.41) is 5.37. The highest BCUT2D eigenvalue weighted by molar-refractivity contribution is 5.94. The van der Waals surface area contributed by atoms with E-state index in [9.17, 15) is 14.0 Å². The van der Waals surface area contributed by atoms with Crippen molar-refractivity contribution in [2.75, 3.05) is 5.32 Å². The van der Waals surface area contributed by atoms with Crippen LogP contribution in [0.15, 0.2) is 48.5 Å². The second-order valence-electron chi connectivity index (χ2n) is 4.57. The summed E-state index contributed by atoms with van der Waals surface area (Å²) in [6, 6.07) is 12.6. The number of hydrogen-bond acceptors (Lipinski definition) is 2. The lowest BCUT2D eigenvalue weighted by Gasteiger charge is -2.07. The first-order chi connectivity index (χ1) is 10.0. The summed E-state index contributed by atoms with van der Waals surface area (Å²) in [6.45, 7) is 1.77. The van der Waals surface area contributed by atoms with Crippen LogP contribution in [0.4, 0.5) is 10.1 Å². The summed E-state index contributed by atoms with van der Waals surface area (Å²) >= 11 is 0.